The van der Waals surface area contributed by atoms with Gasteiger partial charge in [0.05, 0.1) is 24.8 Å². The van der Waals surface area contributed by atoms with Gasteiger partial charge in [0.2, 0.25) is 5.13 Å². The highest BCUT2D eigenvalue weighted by atomic mass is 32.2. The summed E-state index contributed by atoms with van der Waals surface area (Å²) in [5, 5.41) is 20.1. The minimum absolute atomic E-state index is 0.0443. The molecule has 1 amide bonds. The number of aliphatic hydroxyl groups excluding tert-OH is 1. The largest absolute Gasteiger partial charge is 0.503 e. The average Bonchev–Trinajstić information content (AvgIpc) is 3.62. The number of aliphatic hydroxyl groups is 1. The molecule has 2 heterocycles. The molecule has 1 aliphatic heterocycles. The third-order valence-corrected chi connectivity index (χ3v) is 9.45. The first kappa shape index (κ1) is 33.0. The van der Waals surface area contributed by atoms with Gasteiger partial charge in [-0.3, -0.25) is 14.5 Å². The smallest absolute Gasteiger partial charge is 0.296 e. The maximum atomic E-state index is 13.7. The number of thioether (sulfide) groups is 1. The van der Waals surface area contributed by atoms with E-state index in [1.807, 2.05) is 44.2 Å². The lowest BCUT2D eigenvalue weighted by Crippen LogP contribution is -2.31. The first-order valence-corrected chi connectivity index (χ1v) is 17.0. The van der Waals surface area contributed by atoms with Crippen molar-refractivity contribution in [2.45, 2.75) is 50.3 Å². The summed E-state index contributed by atoms with van der Waals surface area (Å²) in [6.07, 6.45) is 3.91. The topological polar surface area (TPSA) is 102 Å². The maximum Gasteiger partial charge on any atom is 0.296 e. The minimum Gasteiger partial charge on any atom is -0.503 e. The van der Waals surface area contributed by atoms with Crippen LogP contribution in [0.15, 0.2) is 94.5 Å². The number of aromatic nitrogens is 2. The molecule has 10 heteroatoms. The van der Waals surface area contributed by atoms with E-state index < -0.39 is 23.5 Å². The van der Waals surface area contributed by atoms with Crippen molar-refractivity contribution in [1.82, 2.24) is 10.2 Å². The van der Waals surface area contributed by atoms with E-state index in [9.17, 15) is 14.7 Å². The molecule has 0 spiro atoms. The number of rotatable bonds is 14. The SMILES string of the molecule is CCOc1cc(C2C(C(=O)/C=C/c3ccccc3)=C(O)C(=O)N2c2nnc(SCc3ccc(C)cc3)s2)ccc1OCCC(C)C. The summed E-state index contributed by atoms with van der Waals surface area (Å²) in [4.78, 5) is 28.8. The molecule has 1 N–H and O–H groups in total. The fourth-order valence-corrected chi connectivity index (χ4v) is 6.69. The van der Waals surface area contributed by atoms with Crippen LogP contribution in [0.25, 0.3) is 6.08 Å². The second kappa shape index (κ2) is 15.2. The summed E-state index contributed by atoms with van der Waals surface area (Å²) < 4.78 is 12.6. The molecule has 0 saturated carbocycles. The fraction of sp³-hybridized carbons (Fsp3) is 0.278. The minimum atomic E-state index is -0.966. The van der Waals surface area contributed by atoms with Crippen LogP contribution in [0, 0.1) is 12.8 Å². The lowest BCUT2D eigenvalue weighted by Gasteiger charge is -2.24. The molecule has 0 fully saturated rings. The molecule has 1 aliphatic rings. The van der Waals surface area contributed by atoms with Crippen LogP contribution < -0.4 is 14.4 Å². The maximum absolute atomic E-state index is 13.7. The van der Waals surface area contributed by atoms with Gasteiger partial charge in [0, 0.05) is 5.75 Å². The Hall–Kier alpha value is -4.41. The highest BCUT2D eigenvalue weighted by molar-refractivity contribution is 8.00. The van der Waals surface area contributed by atoms with E-state index in [0.717, 1.165) is 17.5 Å². The zero-order chi connectivity index (χ0) is 32.6. The van der Waals surface area contributed by atoms with Crippen LogP contribution in [0.3, 0.4) is 0 Å². The van der Waals surface area contributed by atoms with E-state index in [-0.39, 0.29) is 10.7 Å². The third-order valence-electron chi connectivity index (χ3n) is 7.32. The number of benzene rings is 3. The normalized spacial score (nSPS) is 14.9. The molecule has 0 saturated heterocycles. The molecule has 46 heavy (non-hydrogen) atoms. The summed E-state index contributed by atoms with van der Waals surface area (Å²) in [5.41, 5.74) is 3.66. The Labute approximate surface area is 277 Å². The number of ether oxygens (including phenoxy) is 2. The van der Waals surface area contributed by atoms with Crippen molar-refractivity contribution in [3.05, 3.63) is 112 Å². The number of amides is 1. The van der Waals surface area contributed by atoms with Gasteiger partial charge in [0.15, 0.2) is 27.4 Å². The van der Waals surface area contributed by atoms with Crippen molar-refractivity contribution in [2.75, 3.05) is 18.1 Å². The predicted molar refractivity (Wildman–Crippen MR) is 184 cm³/mol. The molecule has 8 nitrogen and oxygen atoms in total. The molecule has 3 aromatic carbocycles. The van der Waals surface area contributed by atoms with Gasteiger partial charge < -0.3 is 14.6 Å². The van der Waals surface area contributed by atoms with E-state index in [2.05, 4.69) is 48.3 Å². The van der Waals surface area contributed by atoms with E-state index in [0.29, 0.717) is 46.3 Å². The van der Waals surface area contributed by atoms with Gasteiger partial charge in [0.1, 0.15) is 0 Å². The van der Waals surface area contributed by atoms with Gasteiger partial charge in [-0.1, -0.05) is 109 Å². The zero-order valence-electron chi connectivity index (χ0n) is 26.3. The number of allylic oxidation sites excluding steroid dienone is 1. The summed E-state index contributed by atoms with van der Waals surface area (Å²) in [6, 6.07) is 22.0. The molecule has 5 rings (SSSR count). The zero-order valence-corrected chi connectivity index (χ0v) is 27.9. The number of hydrogen-bond acceptors (Lipinski definition) is 9. The Kier molecular flexibility index (Phi) is 10.9. The van der Waals surface area contributed by atoms with Crippen molar-refractivity contribution >= 4 is 46.0 Å². The number of aryl methyl sites for hydroxylation is 1. The van der Waals surface area contributed by atoms with Crippen LogP contribution in [0.4, 0.5) is 5.13 Å². The number of nitrogens with zero attached hydrogens (tertiary/aromatic N) is 3. The third kappa shape index (κ3) is 7.86. The van der Waals surface area contributed by atoms with Crippen LogP contribution in [-0.4, -0.2) is 40.2 Å². The number of hydrogen-bond donors (Lipinski definition) is 1. The molecular formula is C36H37N3O5S2. The first-order chi connectivity index (χ1) is 22.2. The standard InChI is InChI=1S/C36H37N3O5S2/c1-5-43-30-21-27(16-18-29(30)44-20-19-23(2)3)32-31(28(40)17-15-25-9-7-6-8-10-25)33(41)34(42)39(32)35-37-38-36(46-35)45-22-26-13-11-24(4)12-14-26/h6-18,21,23,32,41H,5,19-20,22H2,1-4H3/b17-15+. The lowest BCUT2D eigenvalue weighted by atomic mass is 9.95. The van der Waals surface area contributed by atoms with Crippen molar-refractivity contribution in [3.8, 4) is 11.5 Å². The molecule has 0 radical (unpaired) electrons. The van der Waals surface area contributed by atoms with Gasteiger partial charge in [-0.25, -0.2) is 0 Å². The Bertz CT molecular complexity index is 1730. The average molecular weight is 656 g/mol. The van der Waals surface area contributed by atoms with Crippen LogP contribution in [0.5, 0.6) is 11.5 Å². The molecule has 0 bridgehead atoms. The van der Waals surface area contributed by atoms with Crippen molar-refractivity contribution < 1.29 is 24.2 Å². The van der Waals surface area contributed by atoms with Gasteiger partial charge in [-0.2, -0.15) is 0 Å². The van der Waals surface area contributed by atoms with Crippen LogP contribution in [-0.2, 0) is 15.3 Å². The molecule has 1 atom stereocenters. The molecule has 238 valence electrons. The fourth-order valence-electron chi connectivity index (χ4n) is 4.87. The van der Waals surface area contributed by atoms with Crippen molar-refractivity contribution in [3.63, 3.8) is 0 Å². The van der Waals surface area contributed by atoms with Crippen LogP contribution >= 0.6 is 23.1 Å². The van der Waals surface area contributed by atoms with Gasteiger partial charge in [-0.05, 0) is 61.1 Å². The van der Waals surface area contributed by atoms with E-state index >= 15 is 0 Å². The van der Waals surface area contributed by atoms with Crippen molar-refractivity contribution in [2.24, 2.45) is 5.92 Å². The number of carbonyl (C=O) groups is 2. The van der Waals surface area contributed by atoms with Gasteiger partial charge in [-0.15, -0.1) is 10.2 Å². The Morgan fingerprint density at radius 3 is 2.52 bits per heavy atom. The van der Waals surface area contributed by atoms with Crippen LogP contribution in [0.2, 0.25) is 0 Å². The molecule has 1 unspecified atom stereocenters. The predicted octanol–water partition coefficient (Wildman–Crippen LogP) is 8.14. The summed E-state index contributed by atoms with van der Waals surface area (Å²) >= 11 is 2.74. The number of ketones is 1. The Morgan fingerprint density at radius 2 is 1.80 bits per heavy atom. The summed E-state index contributed by atoms with van der Waals surface area (Å²) in [6.45, 7) is 9.09. The van der Waals surface area contributed by atoms with E-state index in [1.165, 1.54) is 39.6 Å². The van der Waals surface area contributed by atoms with E-state index in [4.69, 9.17) is 9.47 Å². The Balaban J connectivity index is 1.49. The molecule has 4 aromatic rings. The molecule has 1 aromatic heterocycles. The first-order valence-electron chi connectivity index (χ1n) is 15.2. The summed E-state index contributed by atoms with van der Waals surface area (Å²) in [7, 11) is 0. The van der Waals surface area contributed by atoms with Crippen LogP contribution in [0.1, 0.15) is 55.5 Å². The Morgan fingerprint density at radius 1 is 1.04 bits per heavy atom. The monoisotopic (exact) mass is 655 g/mol. The highest BCUT2D eigenvalue weighted by Gasteiger charge is 2.45. The van der Waals surface area contributed by atoms with Crippen molar-refractivity contribution in [1.29, 1.82) is 0 Å². The summed E-state index contributed by atoms with van der Waals surface area (Å²) in [5.74, 6) is 0.384. The quantitative estimate of drug-likeness (QED) is 0.0825. The van der Waals surface area contributed by atoms with E-state index in [1.54, 1.807) is 24.3 Å². The number of carbonyl (C=O) groups excluding carboxylic acids is 2. The second-order valence-electron chi connectivity index (χ2n) is 11.2. The van der Waals surface area contributed by atoms with Gasteiger partial charge in [0.25, 0.3) is 5.91 Å². The molecular weight excluding hydrogens is 619 g/mol. The second-order valence-corrected chi connectivity index (χ2v) is 13.4. The lowest BCUT2D eigenvalue weighted by molar-refractivity contribution is -0.117. The highest BCUT2D eigenvalue weighted by Crippen LogP contribution is 2.45. The molecule has 0 aliphatic carbocycles. The van der Waals surface area contributed by atoms with Gasteiger partial charge >= 0.3 is 0 Å². The number of anilines is 1.